The van der Waals surface area contributed by atoms with E-state index in [2.05, 4.69) is 25.3 Å². The standard InChI is InChI=1S/C5H10OS2/c6-3-1-5(8)2-4-7/h3,5,7-8H,1-2,4H2. The van der Waals surface area contributed by atoms with Gasteiger partial charge in [-0.3, -0.25) is 0 Å². The number of carbonyl (C=O) groups is 1. The maximum Gasteiger partial charge on any atom is 0.121 e. The Hall–Kier alpha value is 0.370. The van der Waals surface area contributed by atoms with Crippen molar-refractivity contribution in [3.8, 4) is 0 Å². The third-order valence-electron chi connectivity index (χ3n) is 0.831. The third kappa shape index (κ3) is 4.53. The number of rotatable bonds is 4. The summed E-state index contributed by atoms with van der Waals surface area (Å²) >= 11 is 8.10. The lowest BCUT2D eigenvalue weighted by molar-refractivity contribution is -0.107. The van der Waals surface area contributed by atoms with Crippen LogP contribution in [0.3, 0.4) is 0 Å². The van der Waals surface area contributed by atoms with Crippen molar-refractivity contribution in [1.82, 2.24) is 0 Å². The van der Waals surface area contributed by atoms with Crippen LogP contribution in [0.4, 0.5) is 0 Å². The summed E-state index contributed by atoms with van der Waals surface area (Å²) < 4.78 is 0. The third-order valence-corrected chi connectivity index (χ3v) is 1.56. The van der Waals surface area contributed by atoms with Crippen LogP contribution in [0.1, 0.15) is 12.8 Å². The number of hydrogen-bond donors (Lipinski definition) is 2. The zero-order valence-corrected chi connectivity index (χ0v) is 6.37. The van der Waals surface area contributed by atoms with Crippen LogP contribution in [0, 0.1) is 0 Å². The molecule has 0 fully saturated rings. The van der Waals surface area contributed by atoms with Gasteiger partial charge in [0.15, 0.2) is 0 Å². The van der Waals surface area contributed by atoms with E-state index in [0.29, 0.717) is 6.42 Å². The molecule has 0 saturated carbocycles. The van der Waals surface area contributed by atoms with Gasteiger partial charge in [0.05, 0.1) is 0 Å². The van der Waals surface area contributed by atoms with Gasteiger partial charge in [-0.05, 0) is 12.2 Å². The Morgan fingerprint density at radius 3 is 2.62 bits per heavy atom. The van der Waals surface area contributed by atoms with Crippen LogP contribution >= 0.6 is 25.3 Å². The molecule has 0 rings (SSSR count). The van der Waals surface area contributed by atoms with Gasteiger partial charge in [-0.2, -0.15) is 25.3 Å². The highest BCUT2D eigenvalue weighted by atomic mass is 32.1. The summed E-state index contributed by atoms with van der Waals surface area (Å²) in [5, 5.41) is 0.213. The summed E-state index contributed by atoms with van der Waals surface area (Å²) in [4.78, 5) is 9.82. The van der Waals surface area contributed by atoms with E-state index >= 15 is 0 Å². The zero-order chi connectivity index (χ0) is 6.41. The fourth-order valence-corrected chi connectivity index (χ4v) is 1.11. The predicted octanol–water partition coefficient (Wildman–Crippen LogP) is 1.19. The first-order chi connectivity index (χ1) is 3.81. The molecule has 0 aliphatic carbocycles. The van der Waals surface area contributed by atoms with Gasteiger partial charge in [0.25, 0.3) is 0 Å². The fraction of sp³-hybridized carbons (Fsp3) is 0.800. The molecule has 0 aliphatic heterocycles. The van der Waals surface area contributed by atoms with Crippen LogP contribution in [-0.2, 0) is 4.79 Å². The predicted molar refractivity (Wildman–Crippen MR) is 41.9 cm³/mol. The van der Waals surface area contributed by atoms with Gasteiger partial charge in [0, 0.05) is 11.7 Å². The van der Waals surface area contributed by atoms with E-state index < -0.39 is 0 Å². The van der Waals surface area contributed by atoms with E-state index in [1.54, 1.807) is 0 Å². The Balaban J connectivity index is 3.03. The largest absolute Gasteiger partial charge is 0.303 e. The van der Waals surface area contributed by atoms with E-state index in [4.69, 9.17) is 0 Å². The van der Waals surface area contributed by atoms with Gasteiger partial charge >= 0.3 is 0 Å². The normalized spacial score (nSPS) is 13.2. The minimum Gasteiger partial charge on any atom is -0.303 e. The quantitative estimate of drug-likeness (QED) is 0.455. The van der Waals surface area contributed by atoms with Gasteiger partial charge in [-0.25, -0.2) is 0 Å². The number of carbonyl (C=O) groups excluding carboxylic acids is 1. The van der Waals surface area contributed by atoms with Crippen molar-refractivity contribution in [3.05, 3.63) is 0 Å². The second kappa shape index (κ2) is 5.51. The lowest BCUT2D eigenvalue weighted by Gasteiger charge is -2.00. The second-order valence-electron chi connectivity index (χ2n) is 1.57. The molecule has 1 unspecified atom stereocenters. The van der Waals surface area contributed by atoms with Crippen LogP contribution in [0.2, 0.25) is 0 Å². The molecular weight excluding hydrogens is 140 g/mol. The molecule has 3 heteroatoms. The minimum atomic E-state index is 0.213. The summed E-state index contributed by atoms with van der Waals surface area (Å²) in [6.07, 6.45) is 2.34. The Labute approximate surface area is 60.7 Å². The van der Waals surface area contributed by atoms with Crippen molar-refractivity contribution in [3.63, 3.8) is 0 Å². The van der Waals surface area contributed by atoms with Crippen LogP contribution < -0.4 is 0 Å². The average Bonchev–Trinajstić information content (AvgIpc) is 1.68. The van der Waals surface area contributed by atoms with Crippen molar-refractivity contribution in [1.29, 1.82) is 0 Å². The molecule has 0 N–H and O–H groups in total. The Morgan fingerprint density at radius 1 is 1.62 bits per heavy atom. The molecule has 0 amide bonds. The van der Waals surface area contributed by atoms with Crippen LogP contribution in [-0.4, -0.2) is 17.3 Å². The molecule has 0 aliphatic rings. The smallest absolute Gasteiger partial charge is 0.121 e. The monoisotopic (exact) mass is 150 g/mol. The van der Waals surface area contributed by atoms with Crippen molar-refractivity contribution in [2.75, 3.05) is 5.75 Å². The van der Waals surface area contributed by atoms with Crippen LogP contribution in [0.5, 0.6) is 0 Å². The first-order valence-electron chi connectivity index (χ1n) is 2.53. The Kier molecular flexibility index (Phi) is 5.76. The molecule has 0 aromatic carbocycles. The van der Waals surface area contributed by atoms with Gasteiger partial charge in [-0.1, -0.05) is 0 Å². The molecule has 1 atom stereocenters. The molecule has 0 aromatic heterocycles. The highest BCUT2D eigenvalue weighted by molar-refractivity contribution is 7.81. The number of thiol groups is 2. The summed E-state index contributed by atoms with van der Waals surface area (Å²) in [5.74, 6) is 0.808. The number of aldehydes is 1. The molecule has 0 aromatic rings. The molecular formula is C5H10OS2. The molecule has 0 radical (unpaired) electrons. The van der Waals surface area contributed by atoms with Gasteiger partial charge in [-0.15, -0.1) is 0 Å². The van der Waals surface area contributed by atoms with Gasteiger partial charge in [0.2, 0.25) is 0 Å². The maximum atomic E-state index is 9.82. The summed E-state index contributed by atoms with van der Waals surface area (Å²) in [6, 6.07) is 0. The molecule has 0 spiro atoms. The fourth-order valence-electron chi connectivity index (χ4n) is 0.378. The van der Waals surface area contributed by atoms with Gasteiger partial charge in [0.1, 0.15) is 6.29 Å². The lowest BCUT2D eigenvalue weighted by Crippen LogP contribution is -1.99. The first kappa shape index (κ1) is 8.37. The molecule has 0 heterocycles. The zero-order valence-electron chi connectivity index (χ0n) is 4.58. The van der Waals surface area contributed by atoms with E-state index in [1.807, 2.05) is 0 Å². The molecule has 0 saturated heterocycles. The van der Waals surface area contributed by atoms with Crippen molar-refractivity contribution >= 4 is 31.5 Å². The highest BCUT2D eigenvalue weighted by Gasteiger charge is 1.97. The first-order valence-corrected chi connectivity index (χ1v) is 3.68. The maximum absolute atomic E-state index is 9.82. The molecule has 8 heavy (non-hydrogen) atoms. The van der Waals surface area contributed by atoms with Gasteiger partial charge < -0.3 is 4.79 Å². The highest BCUT2D eigenvalue weighted by Crippen LogP contribution is 2.04. The van der Waals surface area contributed by atoms with Crippen molar-refractivity contribution in [2.24, 2.45) is 0 Å². The van der Waals surface area contributed by atoms with Crippen LogP contribution in [0.25, 0.3) is 0 Å². The van der Waals surface area contributed by atoms with E-state index in [-0.39, 0.29) is 5.25 Å². The summed E-state index contributed by atoms with van der Waals surface area (Å²) in [7, 11) is 0. The topological polar surface area (TPSA) is 17.1 Å². The van der Waals surface area contributed by atoms with E-state index in [9.17, 15) is 4.79 Å². The number of hydrogen-bond acceptors (Lipinski definition) is 3. The minimum absolute atomic E-state index is 0.213. The van der Waals surface area contributed by atoms with E-state index in [0.717, 1.165) is 18.5 Å². The molecule has 0 bridgehead atoms. The lowest BCUT2D eigenvalue weighted by atomic mass is 10.3. The van der Waals surface area contributed by atoms with Crippen LogP contribution in [0.15, 0.2) is 0 Å². The summed E-state index contributed by atoms with van der Waals surface area (Å²) in [6.45, 7) is 0. The van der Waals surface area contributed by atoms with Crippen molar-refractivity contribution < 1.29 is 4.79 Å². The summed E-state index contributed by atoms with van der Waals surface area (Å²) in [5.41, 5.74) is 0. The SMILES string of the molecule is O=CCC(S)CCS. The van der Waals surface area contributed by atoms with Crippen molar-refractivity contribution in [2.45, 2.75) is 18.1 Å². The molecule has 48 valence electrons. The van der Waals surface area contributed by atoms with E-state index in [1.165, 1.54) is 0 Å². The molecule has 1 nitrogen and oxygen atoms in total. The average molecular weight is 150 g/mol. The Morgan fingerprint density at radius 2 is 2.25 bits per heavy atom. The second-order valence-corrected chi connectivity index (χ2v) is 2.75. The Bertz CT molecular complexity index is 65.4.